The standard InChI is InChI=1S/C15H24FNO/c1-5-17(6-2)15(3,4)14(18)11-12-7-9-13(16)10-8-12/h7-10,14,18H,5-6,11H2,1-4H3. The molecule has 0 saturated heterocycles. The lowest BCUT2D eigenvalue weighted by atomic mass is 9.90. The minimum Gasteiger partial charge on any atom is -0.391 e. The van der Waals surface area contributed by atoms with Gasteiger partial charge < -0.3 is 5.11 Å². The number of likely N-dealkylation sites (N-methyl/N-ethyl adjacent to an activating group) is 1. The Kier molecular flexibility index (Phi) is 5.29. The second kappa shape index (κ2) is 6.30. The summed E-state index contributed by atoms with van der Waals surface area (Å²) in [5.74, 6) is -0.240. The van der Waals surface area contributed by atoms with Gasteiger partial charge in [0.2, 0.25) is 0 Å². The van der Waals surface area contributed by atoms with Crippen LogP contribution in [-0.2, 0) is 6.42 Å². The van der Waals surface area contributed by atoms with Crippen molar-refractivity contribution in [3.05, 3.63) is 35.6 Å². The Morgan fingerprint density at radius 1 is 1.17 bits per heavy atom. The summed E-state index contributed by atoms with van der Waals surface area (Å²) < 4.78 is 12.8. The molecule has 1 aromatic carbocycles. The highest BCUT2D eigenvalue weighted by Crippen LogP contribution is 2.22. The zero-order chi connectivity index (χ0) is 13.8. The number of nitrogens with zero attached hydrogens (tertiary/aromatic N) is 1. The average molecular weight is 253 g/mol. The Hall–Kier alpha value is -0.930. The average Bonchev–Trinajstić information content (AvgIpc) is 2.33. The van der Waals surface area contributed by atoms with Crippen LogP contribution in [0.5, 0.6) is 0 Å². The van der Waals surface area contributed by atoms with E-state index in [1.54, 1.807) is 12.1 Å². The molecule has 0 aliphatic carbocycles. The maximum atomic E-state index is 12.8. The van der Waals surface area contributed by atoms with Crippen molar-refractivity contribution < 1.29 is 9.50 Å². The van der Waals surface area contributed by atoms with Gasteiger partial charge in [-0.15, -0.1) is 0 Å². The molecule has 0 aliphatic heterocycles. The third-order valence-corrected chi connectivity index (χ3v) is 3.74. The van der Waals surface area contributed by atoms with Crippen molar-refractivity contribution in [3.63, 3.8) is 0 Å². The third kappa shape index (κ3) is 3.53. The molecular weight excluding hydrogens is 229 g/mol. The van der Waals surface area contributed by atoms with Gasteiger partial charge in [-0.2, -0.15) is 0 Å². The number of benzene rings is 1. The molecule has 2 nitrogen and oxygen atoms in total. The van der Waals surface area contributed by atoms with E-state index >= 15 is 0 Å². The lowest BCUT2D eigenvalue weighted by molar-refractivity contribution is -0.00415. The van der Waals surface area contributed by atoms with Crippen LogP contribution in [0.1, 0.15) is 33.3 Å². The SMILES string of the molecule is CCN(CC)C(C)(C)C(O)Cc1ccc(F)cc1. The number of hydrogen-bond acceptors (Lipinski definition) is 2. The summed E-state index contributed by atoms with van der Waals surface area (Å²) in [5.41, 5.74) is 0.682. The number of aliphatic hydroxyl groups excluding tert-OH is 1. The van der Waals surface area contributed by atoms with Crippen LogP contribution in [0.25, 0.3) is 0 Å². The van der Waals surface area contributed by atoms with Crippen molar-refractivity contribution in [3.8, 4) is 0 Å². The maximum Gasteiger partial charge on any atom is 0.123 e. The van der Waals surface area contributed by atoms with Crippen LogP contribution < -0.4 is 0 Å². The Labute approximate surface area is 109 Å². The van der Waals surface area contributed by atoms with Crippen molar-refractivity contribution >= 4 is 0 Å². The monoisotopic (exact) mass is 253 g/mol. The van der Waals surface area contributed by atoms with E-state index in [0.29, 0.717) is 6.42 Å². The first-order valence-electron chi connectivity index (χ1n) is 6.59. The number of hydrogen-bond donors (Lipinski definition) is 1. The predicted octanol–water partition coefficient (Wildman–Crippen LogP) is 2.85. The number of halogens is 1. The molecule has 1 N–H and O–H groups in total. The Morgan fingerprint density at radius 2 is 1.67 bits per heavy atom. The van der Waals surface area contributed by atoms with E-state index < -0.39 is 6.10 Å². The van der Waals surface area contributed by atoms with Gasteiger partial charge in [-0.3, -0.25) is 4.90 Å². The maximum absolute atomic E-state index is 12.8. The second-order valence-electron chi connectivity index (χ2n) is 5.17. The van der Waals surface area contributed by atoms with Crippen LogP contribution in [0.15, 0.2) is 24.3 Å². The summed E-state index contributed by atoms with van der Waals surface area (Å²) in [6.07, 6.45) is 0.0758. The first-order valence-corrected chi connectivity index (χ1v) is 6.59. The minimum atomic E-state index is -0.470. The van der Waals surface area contributed by atoms with Gasteiger partial charge in [-0.1, -0.05) is 26.0 Å². The first-order chi connectivity index (χ1) is 8.41. The Morgan fingerprint density at radius 3 is 2.11 bits per heavy atom. The predicted molar refractivity (Wildman–Crippen MR) is 73.1 cm³/mol. The molecule has 18 heavy (non-hydrogen) atoms. The normalized spacial score (nSPS) is 13.9. The molecule has 0 spiro atoms. The van der Waals surface area contributed by atoms with Gasteiger partial charge >= 0.3 is 0 Å². The molecule has 1 aromatic rings. The van der Waals surface area contributed by atoms with E-state index in [4.69, 9.17) is 0 Å². The summed E-state index contributed by atoms with van der Waals surface area (Å²) in [6.45, 7) is 10.1. The Balaban J connectivity index is 2.74. The van der Waals surface area contributed by atoms with Crippen LogP contribution in [-0.4, -0.2) is 34.7 Å². The van der Waals surface area contributed by atoms with Gasteiger partial charge in [-0.25, -0.2) is 4.39 Å². The fourth-order valence-electron chi connectivity index (χ4n) is 2.34. The molecule has 0 aliphatic rings. The third-order valence-electron chi connectivity index (χ3n) is 3.74. The smallest absolute Gasteiger partial charge is 0.123 e. The molecule has 0 heterocycles. The van der Waals surface area contributed by atoms with Crippen LogP contribution >= 0.6 is 0 Å². The van der Waals surface area contributed by atoms with E-state index in [0.717, 1.165) is 18.7 Å². The fourth-order valence-corrected chi connectivity index (χ4v) is 2.34. The van der Waals surface area contributed by atoms with E-state index in [-0.39, 0.29) is 11.4 Å². The number of aliphatic hydroxyl groups is 1. The van der Waals surface area contributed by atoms with Gasteiger partial charge in [0.1, 0.15) is 5.82 Å². The fraction of sp³-hybridized carbons (Fsp3) is 0.600. The van der Waals surface area contributed by atoms with Gasteiger partial charge in [0.15, 0.2) is 0 Å². The topological polar surface area (TPSA) is 23.5 Å². The van der Waals surface area contributed by atoms with Gasteiger partial charge in [0.25, 0.3) is 0 Å². The van der Waals surface area contributed by atoms with Crippen LogP contribution in [0.3, 0.4) is 0 Å². The second-order valence-corrected chi connectivity index (χ2v) is 5.17. The molecule has 0 fully saturated rings. The van der Waals surface area contributed by atoms with Crippen LogP contribution in [0, 0.1) is 5.82 Å². The molecule has 0 amide bonds. The highest BCUT2D eigenvalue weighted by atomic mass is 19.1. The van der Waals surface area contributed by atoms with Crippen molar-refractivity contribution in [2.45, 2.75) is 45.8 Å². The highest BCUT2D eigenvalue weighted by molar-refractivity contribution is 5.17. The quantitative estimate of drug-likeness (QED) is 0.842. The van der Waals surface area contributed by atoms with Gasteiger partial charge in [0.05, 0.1) is 6.10 Å². The molecule has 0 bridgehead atoms. The van der Waals surface area contributed by atoms with Crippen LogP contribution in [0.2, 0.25) is 0 Å². The largest absolute Gasteiger partial charge is 0.391 e. The van der Waals surface area contributed by atoms with Gasteiger partial charge in [-0.05, 0) is 44.6 Å². The molecular formula is C15H24FNO. The summed E-state index contributed by atoms with van der Waals surface area (Å²) in [7, 11) is 0. The molecule has 3 heteroatoms. The number of rotatable bonds is 6. The summed E-state index contributed by atoms with van der Waals surface area (Å²) in [5, 5.41) is 10.4. The van der Waals surface area contributed by atoms with Crippen LogP contribution in [0.4, 0.5) is 4.39 Å². The first kappa shape index (κ1) is 15.1. The zero-order valence-electron chi connectivity index (χ0n) is 11.8. The van der Waals surface area contributed by atoms with Crippen molar-refractivity contribution in [1.82, 2.24) is 4.90 Å². The Bertz CT molecular complexity index is 357. The van der Waals surface area contributed by atoms with Crippen molar-refractivity contribution in [1.29, 1.82) is 0 Å². The van der Waals surface area contributed by atoms with Crippen molar-refractivity contribution in [2.24, 2.45) is 0 Å². The summed E-state index contributed by atoms with van der Waals surface area (Å²) in [6, 6.07) is 6.34. The zero-order valence-corrected chi connectivity index (χ0v) is 11.8. The molecule has 0 radical (unpaired) electrons. The van der Waals surface area contributed by atoms with E-state index in [9.17, 15) is 9.50 Å². The summed E-state index contributed by atoms with van der Waals surface area (Å²) >= 11 is 0. The molecule has 102 valence electrons. The molecule has 1 atom stereocenters. The van der Waals surface area contributed by atoms with E-state index in [2.05, 4.69) is 18.7 Å². The van der Waals surface area contributed by atoms with Gasteiger partial charge in [0, 0.05) is 12.0 Å². The van der Waals surface area contributed by atoms with E-state index in [1.807, 2.05) is 13.8 Å². The highest BCUT2D eigenvalue weighted by Gasteiger charge is 2.32. The molecule has 1 rings (SSSR count). The minimum absolute atomic E-state index is 0.240. The summed E-state index contributed by atoms with van der Waals surface area (Å²) in [4.78, 5) is 2.24. The molecule has 0 aromatic heterocycles. The lowest BCUT2D eigenvalue weighted by Gasteiger charge is -2.41. The van der Waals surface area contributed by atoms with Crippen molar-refractivity contribution in [2.75, 3.05) is 13.1 Å². The molecule has 0 saturated carbocycles. The van der Waals surface area contributed by atoms with E-state index in [1.165, 1.54) is 12.1 Å². The molecule has 1 unspecified atom stereocenters. The lowest BCUT2D eigenvalue weighted by Crippen LogP contribution is -2.53.